The lowest BCUT2D eigenvalue weighted by molar-refractivity contribution is 0.254. The highest BCUT2D eigenvalue weighted by molar-refractivity contribution is 7.89. The Bertz CT molecular complexity index is 814. The highest BCUT2D eigenvalue weighted by Gasteiger charge is 2.26. The average molecular weight is 352 g/mol. The van der Waals surface area contributed by atoms with Crippen molar-refractivity contribution in [2.75, 3.05) is 7.05 Å². The third kappa shape index (κ3) is 3.27. The van der Waals surface area contributed by atoms with Crippen molar-refractivity contribution in [3.63, 3.8) is 0 Å². The minimum atomic E-state index is -3.53. The van der Waals surface area contributed by atoms with Gasteiger partial charge in [0.25, 0.3) is 0 Å². The van der Waals surface area contributed by atoms with E-state index in [9.17, 15) is 8.42 Å². The van der Waals surface area contributed by atoms with Gasteiger partial charge in [-0.15, -0.1) is 11.3 Å². The summed E-state index contributed by atoms with van der Waals surface area (Å²) in [6, 6.07) is 5.09. The molecule has 0 radical (unpaired) electrons. The Morgan fingerprint density at radius 3 is 2.91 bits per heavy atom. The maximum atomic E-state index is 12.8. The summed E-state index contributed by atoms with van der Waals surface area (Å²) in [7, 11) is -1.94. The molecule has 2 heterocycles. The zero-order chi connectivity index (χ0) is 16.6. The molecule has 0 fully saturated rings. The van der Waals surface area contributed by atoms with Crippen LogP contribution < -0.4 is 4.74 Å². The molecule has 0 saturated carbocycles. The fraction of sp³-hybridized carbons (Fsp3) is 0.438. The van der Waals surface area contributed by atoms with Crippen LogP contribution in [-0.2, 0) is 29.4 Å². The second kappa shape index (κ2) is 6.22. The van der Waals surface area contributed by atoms with E-state index < -0.39 is 10.0 Å². The van der Waals surface area contributed by atoms with Crippen LogP contribution in [0.4, 0.5) is 0 Å². The topological polar surface area (TPSA) is 59.5 Å². The molecule has 2 aromatic rings. The highest BCUT2D eigenvalue weighted by Crippen LogP contribution is 2.31. The number of sulfonamides is 1. The molecule has 0 aliphatic carbocycles. The first kappa shape index (κ1) is 16.4. The Labute approximate surface area is 141 Å². The monoisotopic (exact) mass is 352 g/mol. The maximum absolute atomic E-state index is 12.8. The summed E-state index contributed by atoms with van der Waals surface area (Å²) in [5.41, 5.74) is 0.953. The van der Waals surface area contributed by atoms with Crippen molar-refractivity contribution in [3.05, 3.63) is 39.8 Å². The maximum Gasteiger partial charge on any atom is 0.243 e. The lowest BCUT2D eigenvalue weighted by Gasteiger charge is -2.16. The molecule has 3 rings (SSSR count). The number of thiazole rings is 1. The highest BCUT2D eigenvalue weighted by atomic mass is 32.2. The molecular formula is C16H20N2O3S2. The second-order valence-electron chi connectivity index (χ2n) is 5.74. The summed E-state index contributed by atoms with van der Waals surface area (Å²) in [6.45, 7) is 4.33. The van der Waals surface area contributed by atoms with Gasteiger partial charge in [-0.25, -0.2) is 13.4 Å². The Kier molecular flexibility index (Phi) is 4.44. The van der Waals surface area contributed by atoms with Gasteiger partial charge in [0.1, 0.15) is 16.9 Å². The van der Waals surface area contributed by atoms with Crippen molar-refractivity contribution in [3.8, 4) is 5.75 Å². The van der Waals surface area contributed by atoms with E-state index >= 15 is 0 Å². The fourth-order valence-electron chi connectivity index (χ4n) is 2.60. The number of benzene rings is 1. The number of hydrogen-bond donors (Lipinski definition) is 0. The molecule has 1 aliphatic rings. The zero-order valence-corrected chi connectivity index (χ0v) is 15.1. The molecule has 1 aromatic carbocycles. The molecule has 0 bridgehead atoms. The number of hydrogen-bond acceptors (Lipinski definition) is 5. The third-order valence-corrected chi connectivity index (χ3v) is 6.81. The zero-order valence-electron chi connectivity index (χ0n) is 13.4. The van der Waals surface area contributed by atoms with E-state index in [1.807, 2.05) is 13.1 Å². The number of nitrogens with zero attached hydrogens (tertiary/aromatic N) is 2. The summed E-state index contributed by atoms with van der Waals surface area (Å²) in [5, 5.41) is 0.811. The molecule has 0 spiro atoms. The van der Waals surface area contributed by atoms with E-state index in [2.05, 4.69) is 11.9 Å². The van der Waals surface area contributed by atoms with E-state index in [4.69, 9.17) is 4.74 Å². The molecular weight excluding hydrogens is 332 g/mol. The first-order chi connectivity index (χ1) is 10.9. The summed E-state index contributed by atoms with van der Waals surface area (Å²) < 4.78 is 32.5. The Hall–Kier alpha value is -1.44. The fourth-order valence-corrected chi connectivity index (χ4v) is 4.78. The van der Waals surface area contributed by atoms with E-state index in [0.717, 1.165) is 34.0 Å². The average Bonchev–Trinajstić information content (AvgIpc) is 3.11. The van der Waals surface area contributed by atoms with Crippen LogP contribution in [0.3, 0.4) is 0 Å². The Morgan fingerprint density at radius 1 is 1.43 bits per heavy atom. The van der Waals surface area contributed by atoms with Crippen molar-refractivity contribution in [2.24, 2.45) is 0 Å². The van der Waals surface area contributed by atoms with Gasteiger partial charge in [0.05, 0.1) is 11.4 Å². The molecule has 1 atom stereocenters. The Morgan fingerprint density at radius 2 is 2.22 bits per heavy atom. The summed E-state index contributed by atoms with van der Waals surface area (Å²) in [6.07, 6.45) is 3.57. The van der Waals surface area contributed by atoms with Crippen LogP contribution in [0.15, 0.2) is 29.3 Å². The predicted octanol–water partition coefficient (Wildman–Crippen LogP) is 2.85. The molecule has 0 amide bonds. The SMILES string of the molecule is CCc1cnc(CN(C)S(=O)(=O)c2ccc3c(c2)CC(C)O3)s1. The largest absolute Gasteiger partial charge is 0.490 e. The van der Waals surface area contributed by atoms with Gasteiger partial charge in [-0.3, -0.25) is 0 Å². The number of aromatic nitrogens is 1. The van der Waals surface area contributed by atoms with E-state index in [0.29, 0.717) is 4.90 Å². The van der Waals surface area contributed by atoms with Crippen LogP contribution in [0, 0.1) is 0 Å². The normalized spacial score (nSPS) is 17.3. The molecule has 1 aliphatic heterocycles. The van der Waals surface area contributed by atoms with Crippen LogP contribution in [-0.4, -0.2) is 30.9 Å². The molecule has 1 unspecified atom stereocenters. The summed E-state index contributed by atoms with van der Waals surface area (Å²) in [4.78, 5) is 5.76. The van der Waals surface area contributed by atoms with Gasteiger partial charge in [-0.1, -0.05) is 6.92 Å². The number of ether oxygens (including phenoxy) is 1. The van der Waals surface area contributed by atoms with Crippen molar-refractivity contribution >= 4 is 21.4 Å². The first-order valence-corrected chi connectivity index (χ1v) is 9.85. The second-order valence-corrected chi connectivity index (χ2v) is 8.98. The quantitative estimate of drug-likeness (QED) is 0.830. The molecule has 0 N–H and O–H groups in total. The van der Waals surface area contributed by atoms with Crippen LogP contribution in [0.2, 0.25) is 0 Å². The molecule has 5 nitrogen and oxygen atoms in total. The van der Waals surface area contributed by atoms with Crippen LogP contribution in [0.25, 0.3) is 0 Å². The van der Waals surface area contributed by atoms with Crippen LogP contribution in [0.1, 0.15) is 29.3 Å². The lowest BCUT2D eigenvalue weighted by atomic mass is 10.1. The van der Waals surface area contributed by atoms with Gasteiger partial charge in [0.2, 0.25) is 10.0 Å². The molecule has 7 heteroatoms. The summed E-state index contributed by atoms with van der Waals surface area (Å²) in [5.74, 6) is 0.784. The predicted molar refractivity (Wildman–Crippen MR) is 90.4 cm³/mol. The standard InChI is InChI=1S/C16H20N2O3S2/c1-4-13-9-17-16(22-13)10-18(3)23(19,20)14-5-6-15-12(8-14)7-11(2)21-15/h5-6,8-9,11H,4,7,10H2,1-3H3. The third-order valence-electron chi connectivity index (χ3n) is 3.88. The molecule has 0 saturated heterocycles. The van der Waals surface area contributed by atoms with Gasteiger partial charge in [0, 0.05) is 24.5 Å². The molecule has 23 heavy (non-hydrogen) atoms. The van der Waals surface area contributed by atoms with Gasteiger partial charge >= 0.3 is 0 Å². The lowest BCUT2D eigenvalue weighted by Crippen LogP contribution is -2.26. The van der Waals surface area contributed by atoms with Crippen molar-refractivity contribution in [2.45, 2.75) is 44.2 Å². The number of aryl methyl sites for hydroxylation is 1. The summed E-state index contributed by atoms with van der Waals surface area (Å²) >= 11 is 1.56. The molecule has 1 aromatic heterocycles. The van der Waals surface area contributed by atoms with Crippen LogP contribution >= 0.6 is 11.3 Å². The van der Waals surface area contributed by atoms with E-state index in [-0.39, 0.29) is 12.6 Å². The van der Waals surface area contributed by atoms with Gasteiger partial charge in [0.15, 0.2) is 0 Å². The first-order valence-electron chi connectivity index (χ1n) is 7.59. The molecule has 124 valence electrons. The minimum absolute atomic E-state index is 0.100. The minimum Gasteiger partial charge on any atom is -0.490 e. The van der Waals surface area contributed by atoms with Crippen molar-refractivity contribution in [1.29, 1.82) is 0 Å². The van der Waals surface area contributed by atoms with Gasteiger partial charge in [-0.2, -0.15) is 4.31 Å². The van der Waals surface area contributed by atoms with Gasteiger partial charge in [-0.05, 0) is 37.1 Å². The van der Waals surface area contributed by atoms with Crippen molar-refractivity contribution in [1.82, 2.24) is 9.29 Å². The van der Waals surface area contributed by atoms with E-state index in [1.165, 1.54) is 4.31 Å². The number of rotatable bonds is 5. The smallest absolute Gasteiger partial charge is 0.243 e. The van der Waals surface area contributed by atoms with Crippen LogP contribution in [0.5, 0.6) is 5.75 Å². The Balaban J connectivity index is 1.82. The van der Waals surface area contributed by atoms with Gasteiger partial charge < -0.3 is 4.74 Å². The van der Waals surface area contributed by atoms with Crippen molar-refractivity contribution < 1.29 is 13.2 Å². The number of fused-ring (bicyclic) bond motifs is 1. The van der Waals surface area contributed by atoms with E-state index in [1.54, 1.807) is 36.6 Å².